The van der Waals surface area contributed by atoms with Gasteiger partial charge in [-0.05, 0) is 118 Å². The fourth-order valence-corrected chi connectivity index (χ4v) is 9.57. The molecule has 7 N–H and O–H groups in total. The van der Waals surface area contributed by atoms with Crippen LogP contribution in [0.15, 0.2) is 158 Å². The molecule has 0 saturated carbocycles. The van der Waals surface area contributed by atoms with Gasteiger partial charge in [-0.15, -0.1) is 0 Å². The van der Waals surface area contributed by atoms with Crippen molar-refractivity contribution < 1.29 is 19.2 Å². The zero-order valence-electron chi connectivity index (χ0n) is 42.5. The number of carbonyl (C=O) groups excluding carboxylic acids is 4. The number of nitrogen functional groups attached to an aromatic ring is 2. The molecule has 3 aliphatic rings. The van der Waals surface area contributed by atoms with Crippen LogP contribution in [0.3, 0.4) is 0 Å². The number of hydrogen-bond donors (Lipinski definition) is 4. The lowest BCUT2D eigenvalue weighted by Crippen LogP contribution is -2.48. The molecule has 2 fully saturated rings. The number of anilines is 3. The highest BCUT2D eigenvalue weighted by molar-refractivity contribution is 14.1. The number of likely N-dealkylation sites (N-methyl/N-ethyl adjacent to an activating group) is 2. The van der Waals surface area contributed by atoms with Crippen molar-refractivity contribution in [2.24, 2.45) is 5.73 Å². The van der Waals surface area contributed by atoms with Crippen molar-refractivity contribution in [3.05, 3.63) is 206 Å². The van der Waals surface area contributed by atoms with E-state index in [1.54, 1.807) is 30.3 Å². The van der Waals surface area contributed by atoms with Gasteiger partial charge in [-0.3, -0.25) is 24.1 Å². The van der Waals surface area contributed by atoms with Crippen molar-refractivity contribution >= 4 is 74.8 Å². The number of nitrogens with one attached hydrogen (secondary N) is 1. The van der Waals surface area contributed by atoms with Crippen LogP contribution < -0.4 is 22.5 Å². The summed E-state index contributed by atoms with van der Waals surface area (Å²) < 4.78 is 1.16. The van der Waals surface area contributed by atoms with Crippen molar-refractivity contribution in [1.82, 2.24) is 24.5 Å². The molecule has 0 bridgehead atoms. The largest absolute Gasteiger partial charge is 0.398 e. The van der Waals surface area contributed by atoms with Crippen LogP contribution in [0.2, 0.25) is 0 Å². The molecule has 0 aliphatic carbocycles. The van der Waals surface area contributed by atoms with E-state index >= 15 is 0 Å². The molecule has 0 spiro atoms. The van der Waals surface area contributed by atoms with Crippen molar-refractivity contribution in [1.29, 1.82) is 0 Å². The Bertz CT molecular complexity index is 2910. The summed E-state index contributed by atoms with van der Waals surface area (Å²) >= 11 is 2.28. The van der Waals surface area contributed by atoms with E-state index in [1.807, 2.05) is 125 Å². The minimum absolute atomic E-state index is 0.0220. The van der Waals surface area contributed by atoms with E-state index in [0.29, 0.717) is 54.2 Å². The number of para-hydroxylation sites is 3. The Hall–Kier alpha value is -6.95. The molecule has 2 saturated heterocycles. The normalized spacial score (nSPS) is 16.1. The van der Waals surface area contributed by atoms with Crippen molar-refractivity contribution in [3.63, 3.8) is 0 Å². The van der Waals surface area contributed by atoms with Crippen LogP contribution in [0.5, 0.6) is 0 Å². The number of amides is 3. The molecule has 384 valence electrons. The minimum Gasteiger partial charge on any atom is -0.398 e. The number of piperazine rings is 2. The summed E-state index contributed by atoms with van der Waals surface area (Å²) in [6.07, 6.45) is 4.32. The molecule has 6 aromatic rings. The zero-order chi connectivity index (χ0) is 52.6. The highest BCUT2D eigenvalue weighted by Crippen LogP contribution is 2.38. The average molecular weight is 1110 g/mol. The first-order valence-electron chi connectivity index (χ1n) is 25.0. The summed E-state index contributed by atoms with van der Waals surface area (Å²) in [7, 11) is 4.19. The second-order valence-electron chi connectivity index (χ2n) is 18.9. The molecular weight excluding hydrogens is 1040 g/mol. The number of halogens is 1. The SMILES string of the molecule is C=C1CN(Cc2ccc(C(=O)Cc3ccccc3N)cc2)C(CC(=O)N2CCN(C)CC2)c2ccccc21.CN1CCN(C(=O)/C=C/c2ccccc2I)CC1.NCc1ccc(C(=O)Nc2ccccc2N)cc1. The summed E-state index contributed by atoms with van der Waals surface area (Å²) in [4.78, 5) is 61.0. The Morgan fingerprint density at radius 1 is 0.662 bits per heavy atom. The van der Waals surface area contributed by atoms with Crippen LogP contribution in [0, 0.1) is 3.57 Å². The van der Waals surface area contributed by atoms with Crippen molar-refractivity contribution in [2.75, 3.05) is 89.8 Å². The van der Waals surface area contributed by atoms with Crippen LogP contribution >= 0.6 is 22.6 Å². The summed E-state index contributed by atoms with van der Waals surface area (Å²) in [5.41, 5.74) is 27.8. The lowest BCUT2D eigenvalue weighted by molar-refractivity contribution is -0.134. The van der Waals surface area contributed by atoms with Crippen molar-refractivity contribution in [2.45, 2.75) is 32.0 Å². The molecule has 3 amide bonds. The average Bonchev–Trinajstić information content (AvgIpc) is 3.42. The molecule has 1 unspecified atom stereocenters. The molecule has 14 heteroatoms. The number of fused-ring (bicyclic) bond motifs is 1. The smallest absolute Gasteiger partial charge is 0.255 e. The van der Waals surface area contributed by atoms with Gasteiger partial charge in [-0.1, -0.05) is 116 Å². The number of nitrogens with two attached hydrogens (primary N) is 3. The Morgan fingerprint density at radius 3 is 1.88 bits per heavy atom. The van der Waals surface area contributed by atoms with E-state index in [4.69, 9.17) is 17.2 Å². The third-order valence-electron chi connectivity index (χ3n) is 13.6. The second kappa shape index (κ2) is 26.8. The predicted molar refractivity (Wildman–Crippen MR) is 308 cm³/mol. The van der Waals surface area contributed by atoms with E-state index in [2.05, 4.69) is 75.4 Å². The molecule has 3 heterocycles. The Balaban J connectivity index is 0.000000185. The number of Topliss-reactive ketones (excluding diaryl/α,β-unsaturated/α-hetero) is 1. The molecule has 13 nitrogen and oxygen atoms in total. The van der Waals surface area contributed by atoms with Gasteiger partial charge in [-0.2, -0.15) is 0 Å². The lowest BCUT2D eigenvalue weighted by Gasteiger charge is -2.40. The third-order valence-corrected chi connectivity index (χ3v) is 14.6. The first-order valence-corrected chi connectivity index (χ1v) is 26.1. The fraction of sp³-hybridized carbons (Fsp3) is 0.267. The van der Waals surface area contributed by atoms with Gasteiger partial charge in [0.2, 0.25) is 11.8 Å². The highest BCUT2D eigenvalue weighted by Gasteiger charge is 2.33. The molecular formula is C60H68IN9O4. The van der Waals surface area contributed by atoms with Gasteiger partial charge >= 0.3 is 0 Å². The standard InChI is InChI=1S/C32H36N4O2.C14H17IN2O.C14H15N3O/c1-23-21-36(22-24-11-13-25(14-12-24)31(37)19-26-7-3-6-10-29(26)33)30(28-9-5-4-8-27(23)28)20-32(38)35-17-15-34(2)16-18-35;1-16-8-10-17(11-9-16)14(18)7-6-12-4-2-3-5-13(12)15;15-9-10-5-7-11(8-6-10)14(18)17-13-4-2-1-3-12(13)16/h3-14,30H,1,15-22,33H2,2H3;2-7H,8-11H2,1H3;1-8H,9,15-16H2,(H,17,18)/b;7-6+;. The maximum Gasteiger partial charge on any atom is 0.255 e. The Kier molecular flexibility index (Phi) is 19.9. The van der Waals surface area contributed by atoms with Crippen LogP contribution in [0.25, 0.3) is 11.6 Å². The fourth-order valence-electron chi connectivity index (χ4n) is 9.00. The summed E-state index contributed by atoms with van der Waals surface area (Å²) in [6, 6.07) is 46.0. The highest BCUT2D eigenvalue weighted by atomic mass is 127. The molecule has 3 aliphatic heterocycles. The van der Waals surface area contributed by atoms with Gasteiger partial charge in [0.25, 0.3) is 5.91 Å². The quantitative estimate of drug-likeness (QED) is 0.0403. The monoisotopic (exact) mass is 1110 g/mol. The number of nitrogens with zero attached hydrogens (tertiary/aromatic N) is 5. The van der Waals surface area contributed by atoms with Gasteiger partial charge in [0.1, 0.15) is 0 Å². The van der Waals surface area contributed by atoms with Gasteiger partial charge < -0.3 is 42.1 Å². The minimum atomic E-state index is -0.184. The number of hydrogen-bond acceptors (Lipinski definition) is 10. The number of benzene rings is 6. The summed E-state index contributed by atoms with van der Waals surface area (Å²) in [5, 5.41) is 2.77. The van der Waals surface area contributed by atoms with E-state index < -0.39 is 0 Å². The number of rotatable bonds is 12. The van der Waals surface area contributed by atoms with Crippen LogP contribution in [-0.4, -0.2) is 121 Å². The zero-order valence-corrected chi connectivity index (χ0v) is 44.6. The third kappa shape index (κ3) is 15.3. The van der Waals surface area contributed by atoms with E-state index in [-0.39, 0.29) is 36.0 Å². The molecule has 0 aromatic heterocycles. The number of ketones is 1. The molecule has 9 rings (SSSR count). The molecule has 1 atom stereocenters. The topological polar surface area (TPSA) is 175 Å². The number of carbonyl (C=O) groups is 4. The van der Waals surface area contributed by atoms with Gasteiger partial charge in [0, 0.05) is 117 Å². The predicted octanol–water partition coefficient (Wildman–Crippen LogP) is 8.49. The first kappa shape index (κ1) is 54.8. The van der Waals surface area contributed by atoms with Crippen molar-refractivity contribution in [3.8, 4) is 0 Å². The molecule has 74 heavy (non-hydrogen) atoms. The van der Waals surface area contributed by atoms with Gasteiger partial charge in [-0.25, -0.2) is 0 Å². The van der Waals surface area contributed by atoms with E-state index in [1.165, 1.54) is 5.56 Å². The van der Waals surface area contributed by atoms with Crippen LogP contribution in [0.4, 0.5) is 17.1 Å². The maximum absolute atomic E-state index is 13.4. The second-order valence-corrected chi connectivity index (χ2v) is 20.1. The molecule has 6 aromatic carbocycles. The Morgan fingerprint density at radius 2 is 1.23 bits per heavy atom. The maximum atomic E-state index is 13.4. The van der Waals surface area contributed by atoms with Gasteiger partial charge in [0.15, 0.2) is 5.78 Å². The van der Waals surface area contributed by atoms with E-state index in [0.717, 1.165) is 89.3 Å². The van der Waals surface area contributed by atoms with E-state index in [9.17, 15) is 19.2 Å². The molecule has 0 radical (unpaired) electrons. The first-order chi connectivity index (χ1) is 35.8. The van der Waals surface area contributed by atoms with Crippen LogP contribution in [-0.2, 0) is 29.1 Å². The van der Waals surface area contributed by atoms with Gasteiger partial charge in [0.05, 0.1) is 11.4 Å². The summed E-state index contributed by atoms with van der Waals surface area (Å²) in [5.74, 6) is 0.182. The lowest BCUT2D eigenvalue weighted by atomic mass is 9.87. The summed E-state index contributed by atoms with van der Waals surface area (Å²) in [6.45, 7) is 13.1. The Labute approximate surface area is 449 Å². The van der Waals surface area contributed by atoms with Crippen LogP contribution in [0.1, 0.15) is 66.6 Å².